The van der Waals surface area contributed by atoms with E-state index in [4.69, 9.17) is 14.2 Å². The van der Waals surface area contributed by atoms with E-state index < -0.39 is 17.7 Å². The van der Waals surface area contributed by atoms with E-state index in [1.54, 1.807) is 29.2 Å². The van der Waals surface area contributed by atoms with Gasteiger partial charge < -0.3 is 24.2 Å². The molecule has 2 aromatic rings. The maximum atomic E-state index is 13.3. The highest BCUT2D eigenvalue weighted by molar-refractivity contribution is 6.46. The van der Waals surface area contributed by atoms with Crippen LogP contribution in [0.15, 0.2) is 54.1 Å². The van der Waals surface area contributed by atoms with E-state index in [9.17, 15) is 14.7 Å². The van der Waals surface area contributed by atoms with Gasteiger partial charge in [0, 0.05) is 31.7 Å². The summed E-state index contributed by atoms with van der Waals surface area (Å²) >= 11 is 0. The summed E-state index contributed by atoms with van der Waals surface area (Å²) in [5.74, 6) is -0.0661. The number of rotatable bonds is 11. The Morgan fingerprint density at radius 1 is 1.00 bits per heavy atom. The first-order valence-electron chi connectivity index (χ1n) is 13.5. The van der Waals surface area contributed by atoms with Gasteiger partial charge in [-0.05, 0) is 68.7 Å². The Balaban J connectivity index is 1.64. The molecule has 0 spiro atoms. The number of Topliss-reactive ketones (excluding diaryl/α,β-unsaturated/α-hetero) is 1. The SMILES string of the molecule is CCCOc1ccc([C@@H]2C(=C(O)c3ccc(OC(C)C)cc3)C(=O)C(=O)N2CCCN2CCOCC2)cc1. The summed E-state index contributed by atoms with van der Waals surface area (Å²) in [6, 6.07) is 13.6. The first kappa shape index (κ1) is 27.7. The summed E-state index contributed by atoms with van der Waals surface area (Å²) in [6.45, 7) is 10.9. The molecule has 2 aliphatic rings. The maximum Gasteiger partial charge on any atom is 0.295 e. The lowest BCUT2D eigenvalue weighted by Crippen LogP contribution is -2.38. The Bertz CT molecular complexity index is 1120. The summed E-state index contributed by atoms with van der Waals surface area (Å²) < 4.78 is 16.8. The average molecular weight is 523 g/mol. The Labute approximate surface area is 224 Å². The molecule has 2 aliphatic heterocycles. The highest BCUT2D eigenvalue weighted by atomic mass is 16.5. The molecular weight excluding hydrogens is 484 g/mol. The van der Waals surface area contributed by atoms with Crippen LogP contribution in [0.2, 0.25) is 0 Å². The first-order valence-corrected chi connectivity index (χ1v) is 13.5. The monoisotopic (exact) mass is 522 g/mol. The summed E-state index contributed by atoms with van der Waals surface area (Å²) in [5, 5.41) is 11.3. The first-order chi connectivity index (χ1) is 18.4. The Morgan fingerprint density at radius 3 is 2.29 bits per heavy atom. The number of benzene rings is 2. The summed E-state index contributed by atoms with van der Waals surface area (Å²) in [4.78, 5) is 30.5. The van der Waals surface area contributed by atoms with Crippen molar-refractivity contribution in [3.8, 4) is 11.5 Å². The van der Waals surface area contributed by atoms with Gasteiger partial charge in [-0.15, -0.1) is 0 Å². The van der Waals surface area contributed by atoms with E-state index in [0.29, 0.717) is 44.1 Å². The summed E-state index contributed by atoms with van der Waals surface area (Å²) in [7, 11) is 0. The van der Waals surface area contributed by atoms with Crippen molar-refractivity contribution in [2.24, 2.45) is 0 Å². The van der Waals surface area contributed by atoms with Crippen molar-refractivity contribution in [2.45, 2.75) is 45.8 Å². The number of nitrogens with zero attached hydrogens (tertiary/aromatic N) is 2. The van der Waals surface area contributed by atoms with Crippen LogP contribution in [0.25, 0.3) is 5.76 Å². The van der Waals surface area contributed by atoms with Gasteiger partial charge in [0.05, 0.1) is 37.5 Å². The fraction of sp³-hybridized carbons (Fsp3) is 0.467. The van der Waals surface area contributed by atoms with Gasteiger partial charge in [-0.25, -0.2) is 0 Å². The Kier molecular flexibility index (Phi) is 9.42. The van der Waals surface area contributed by atoms with Crippen LogP contribution in [0.1, 0.15) is 50.8 Å². The molecule has 8 nitrogen and oxygen atoms in total. The number of hydrogen-bond acceptors (Lipinski definition) is 7. The van der Waals surface area contributed by atoms with E-state index in [0.717, 1.165) is 37.4 Å². The number of aliphatic hydroxyl groups excluding tert-OH is 1. The molecule has 0 radical (unpaired) electrons. The third kappa shape index (κ3) is 6.55. The molecule has 0 aliphatic carbocycles. The van der Waals surface area contributed by atoms with Gasteiger partial charge in [0.25, 0.3) is 11.7 Å². The van der Waals surface area contributed by atoms with Crippen LogP contribution in [-0.4, -0.2) is 78.7 Å². The smallest absolute Gasteiger partial charge is 0.295 e. The number of carbonyl (C=O) groups excluding carboxylic acids is 2. The third-order valence-corrected chi connectivity index (χ3v) is 6.69. The minimum Gasteiger partial charge on any atom is -0.507 e. The van der Waals surface area contributed by atoms with E-state index >= 15 is 0 Å². The average Bonchev–Trinajstić information content (AvgIpc) is 3.17. The number of amides is 1. The highest BCUT2D eigenvalue weighted by Gasteiger charge is 2.45. The zero-order valence-corrected chi connectivity index (χ0v) is 22.5. The largest absolute Gasteiger partial charge is 0.507 e. The number of hydrogen-bond donors (Lipinski definition) is 1. The number of ketones is 1. The minimum atomic E-state index is -0.688. The molecule has 0 aromatic heterocycles. The predicted molar refractivity (Wildman–Crippen MR) is 145 cm³/mol. The molecule has 4 rings (SSSR count). The minimum absolute atomic E-state index is 0.0153. The zero-order valence-electron chi connectivity index (χ0n) is 22.5. The van der Waals surface area contributed by atoms with Gasteiger partial charge in [0.1, 0.15) is 17.3 Å². The van der Waals surface area contributed by atoms with Gasteiger partial charge in [0.2, 0.25) is 0 Å². The predicted octanol–water partition coefficient (Wildman–Crippen LogP) is 4.41. The van der Waals surface area contributed by atoms with E-state index in [2.05, 4.69) is 4.90 Å². The molecule has 8 heteroatoms. The normalized spacial score (nSPS) is 19.8. The molecule has 1 amide bonds. The van der Waals surface area contributed by atoms with Gasteiger partial charge in [-0.2, -0.15) is 0 Å². The van der Waals surface area contributed by atoms with Crippen molar-refractivity contribution < 1.29 is 28.9 Å². The fourth-order valence-electron chi connectivity index (χ4n) is 4.83. The highest BCUT2D eigenvalue weighted by Crippen LogP contribution is 2.40. The second kappa shape index (κ2) is 12.9. The number of ether oxygens (including phenoxy) is 3. The fourth-order valence-corrected chi connectivity index (χ4v) is 4.83. The molecule has 0 saturated carbocycles. The van der Waals surface area contributed by atoms with Gasteiger partial charge in [-0.1, -0.05) is 19.1 Å². The topological polar surface area (TPSA) is 88.5 Å². The van der Waals surface area contributed by atoms with Crippen LogP contribution >= 0.6 is 0 Å². The van der Waals surface area contributed by atoms with Crippen LogP contribution < -0.4 is 9.47 Å². The van der Waals surface area contributed by atoms with E-state index in [1.807, 2.05) is 45.0 Å². The molecule has 2 heterocycles. The molecule has 1 N–H and O–H groups in total. The van der Waals surface area contributed by atoms with E-state index in [1.165, 1.54) is 0 Å². The van der Waals surface area contributed by atoms with Crippen molar-refractivity contribution in [3.63, 3.8) is 0 Å². The van der Waals surface area contributed by atoms with Crippen LogP contribution in [-0.2, 0) is 14.3 Å². The van der Waals surface area contributed by atoms with Gasteiger partial charge >= 0.3 is 0 Å². The molecule has 2 saturated heterocycles. The number of aliphatic hydroxyl groups is 1. The quantitative estimate of drug-likeness (QED) is 0.266. The number of likely N-dealkylation sites (tertiary alicyclic amines) is 1. The summed E-state index contributed by atoms with van der Waals surface area (Å²) in [5.41, 5.74) is 1.31. The van der Waals surface area contributed by atoms with Crippen LogP contribution in [0.4, 0.5) is 0 Å². The molecule has 2 aromatic carbocycles. The maximum absolute atomic E-state index is 13.3. The van der Waals surface area contributed by atoms with Crippen LogP contribution in [0, 0.1) is 0 Å². The van der Waals surface area contributed by atoms with Gasteiger partial charge in [-0.3, -0.25) is 14.5 Å². The Morgan fingerprint density at radius 2 is 1.66 bits per heavy atom. The van der Waals surface area contributed by atoms with Crippen molar-refractivity contribution in [1.29, 1.82) is 0 Å². The van der Waals surface area contributed by atoms with Crippen molar-refractivity contribution >= 4 is 17.4 Å². The molecule has 2 fully saturated rings. The lowest BCUT2D eigenvalue weighted by atomic mass is 9.95. The second-order valence-electron chi connectivity index (χ2n) is 9.91. The molecule has 1 atom stereocenters. The molecule has 204 valence electrons. The standard InChI is InChI=1S/C30H38N2O6/c1-4-18-37-24-10-6-22(7-11-24)27-26(28(33)23-8-12-25(13-9-23)38-21(2)3)29(34)30(35)32(27)15-5-14-31-16-19-36-20-17-31/h6-13,21,27,33H,4-5,14-20H2,1-3H3/t27-/m1/s1. The number of morpholine rings is 1. The molecular formula is C30H38N2O6. The molecule has 38 heavy (non-hydrogen) atoms. The second-order valence-corrected chi connectivity index (χ2v) is 9.91. The summed E-state index contributed by atoms with van der Waals surface area (Å²) in [6.07, 6.45) is 1.62. The Hall–Kier alpha value is -3.36. The molecule has 0 bridgehead atoms. The molecule has 0 unspecified atom stereocenters. The third-order valence-electron chi connectivity index (χ3n) is 6.69. The lowest BCUT2D eigenvalue weighted by Gasteiger charge is -2.29. The zero-order chi connectivity index (χ0) is 27.1. The lowest BCUT2D eigenvalue weighted by molar-refractivity contribution is -0.140. The van der Waals surface area contributed by atoms with E-state index in [-0.39, 0.29) is 17.4 Å². The van der Waals surface area contributed by atoms with Crippen molar-refractivity contribution in [1.82, 2.24) is 9.80 Å². The van der Waals surface area contributed by atoms with Crippen molar-refractivity contribution in [2.75, 3.05) is 46.0 Å². The number of carbonyl (C=O) groups is 2. The van der Waals surface area contributed by atoms with Crippen LogP contribution in [0.5, 0.6) is 11.5 Å². The van der Waals surface area contributed by atoms with Gasteiger partial charge in [0.15, 0.2) is 0 Å². The van der Waals surface area contributed by atoms with Crippen molar-refractivity contribution in [3.05, 3.63) is 65.2 Å². The van der Waals surface area contributed by atoms with Crippen LogP contribution in [0.3, 0.4) is 0 Å².